The number of carbonyl (C=O) groups excluding carboxylic acids is 2. The fourth-order valence-corrected chi connectivity index (χ4v) is 2.70. The van der Waals surface area contributed by atoms with Gasteiger partial charge in [0.05, 0.1) is 19.2 Å². The van der Waals surface area contributed by atoms with Crippen molar-refractivity contribution in [1.29, 1.82) is 0 Å². The third-order valence-electron chi connectivity index (χ3n) is 3.92. The summed E-state index contributed by atoms with van der Waals surface area (Å²) >= 11 is 0. The molecule has 1 fully saturated rings. The second kappa shape index (κ2) is 10.5. The van der Waals surface area contributed by atoms with Gasteiger partial charge in [0.1, 0.15) is 0 Å². The lowest BCUT2D eigenvalue weighted by molar-refractivity contribution is -0.121. The average molecular weight is 314 g/mol. The van der Waals surface area contributed by atoms with E-state index in [1.165, 1.54) is 6.42 Å². The van der Waals surface area contributed by atoms with Crippen LogP contribution < -0.4 is 16.0 Å². The molecule has 0 aromatic rings. The largest absolute Gasteiger partial charge is 0.383 e. The van der Waals surface area contributed by atoms with Crippen molar-refractivity contribution in [3.05, 3.63) is 0 Å². The van der Waals surface area contributed by atoms with E-state index in [0.29, 0.717) is 6.61 Å². The first kappa shape index (κ1) is 18.9. The van der Waals surface area contributed by atoms with Crippen molar-refractivity contribution < 1.29 is 14.3 Å². The van der Waals surface area contributed by atoms with Gasteiger partial charge >= 0.3 is 6.03 Å². The second-order valence-corrected chi connectivity index (χ2v) is 5.99. The van der Waals surface area contributed by atoms with E-state index in [4.69, 9.17) is 4.74 Å². The van der Waals surface area contributed by atoms with Gasteiger partial charge in [-0.15, -0.1) is 0 Å². The number of rotatable bonds is 8. The van der Waals surface area contributed by atoms with Crippen LogP contribution in [0.2, 0.25) is 0 Å². The van der Waals surface area contributed by atoms with Crippen molar-refractivity contribution >= 4 is 11.9 Å². The molecular weight excluding hydrogens is 284 g/mol. The quantitative estimate of drug-likeness (QED) is 0.595. The van der Waals surface area contributed by atoms with Crippen LogP contribution in [-0.2, 0) is 9.53 Å². The fraction of sp³-hybridized carbons (Fsp3) is 0.867. The van der Waals surface area contributed by atoms with Crippen molar-refractivity contribution in [2.24, 2.45) is 5.92 Å². The minimum Gasteiger partial charge on any atom is -0.383 e. The molecule has 7 heteroatoms. The molecule has 1 aliphatic heterocycles. The highest BCUT2D eigenvalue weighted by atomic mass is 16.5. The van der Waals surface area contributed by atoms with Gasteiger partial charge in [0.2, 0.25) is 5.91 Å². The zero-order chi connectivity index (χ0) is 16.4. The molecule has 1 heterocycles. The van der Waals surface area contributed by atoms with E-state index in [-0.39, 0.29) is 18.5 Å². The first-order valence-corrected chi connectivity index (χ1v) is 8.01. The van der Waals surface area contributed by atoms with Crippen LogP contribution in [0.15, 0.2) is 0 Å². The number of ether oxygens (including phenoxy) is 1. The van der Waals surface area contributed by atoms with Gasteiger partial charge in [-0.05, 0) is 58.8 Å². The van der Waals surface area contributed by atoms with Crippen LogP contribution in [0.3, 0.4) is 0 Å². The van der Waals surface area contributed by atoms with E-state index in [1.807, 2.05) is 14.0 Å². The Hall–Kier alpha value is -1.18. The molecule has 3 N–H and O–H groups in total. The highest BCUT2D eigenvalue weighted by Gasteiger charge is 2.21. The first-order valence-electron chi connectivity index (χ1n) is 8.01. The Kier molecular flexibility index (Phi) is 9.03. The zero-order valence-electron chi connectivity index (χ0n) is 14.0. The molecule has 0 aliphatic carbocycles. The predicted octanol–water partition coefficient (Wildman–Crippen LogP) is 0.169. The predicted molar refractivity (Wildman–Crippen MR) is 85.7 cm³/mol. The number of hydrogen-bond donors (Lipinski definition) is 3. The van der Waals surface area contributed by atoms with Crippen LogP contribution in [0.1, 0.15) is 26.2 Å². The number of amides is 3. The fourth-order valence-electron chi connectivity index (χ4n) is 2.70. The van der Waals surface area contributed by atoms with Gasteiger partial charge in [0.25, 0.3) is 0 Å². The highest BCUT2D eigenvalue weighted by molar-refractivity contribution is 5.95. The number of imide groups is 1. The summed E-state index contributed by atoms with van der Waals surface area (Å²) in [5, 5.41) is 8.20. The molecule has 0 radical (unpaired) electrons. The Balaban J connectivity index is 2.19. The van der Waals surface area contributed by atoms with Gasteiger partial charge in [0.15, 0.2) is 0 Å². The Labute approximate surface area is 133 Å². The summed E-state index contributed by atoms with van der Waals surface area (Å²) in [5.74, 6) is 0.487. The second-order valence-electron chi connectivity index (χ2n) is 5.99. The molecule has 1 aliphatic rings. The third kappa shape index (κ3) is 7.72. The summed E-state index contributed by atoms with van der Waals surface area (Å²) in [6, 6.07) is -0.584. The Morgan fingerprint density at radius 1 is 1.32 bits per heavy atom. The van der Waals surface area contributed by atoms with Gasteiger partial charge < -0.3 is 15.4 Å². The van der Waals surface area contributed by atoms with E-state index in [2.05, 4.69) is 20.9 Å². The van der Waals surface area contributed by atoms with Crippen LogP contribution in [0.5, 0.6) is 0 Å². The minimum atomic E-state index is -0.460. The van der Waals surface area contributed by atoms with E-state index >= 15 is 0 Å². The van der Waals surface area contributed by atoms with Crippen molar-refractivity contribution in [3.8, 4) is 0 Å². The van der Waals surface area contributed by atoms with E-state index in [0.717, 1.165) is 38.4 Å². The molecule has 1 saturated heterocycles. The molecule has 1 rings (SSSR count). The van der Waals surface area contributed by atoms with Gasteiger partial charge in [-0.3, -0.25) is 15.0 Å². The number of hydrogen-bond acceptors (Lipinski definition) is 5. The van der Waals surface area contributed by atoms with E-state index < -0.39 is 6.03 Å². The average Bonchev–Trinajstić information content (AvgIpc) is 2.46. The summed E-state index contributed by atoms with van der Waals surface area (Å²) in [6.07, 6.45) is 3.42. The lowest BCUT2D eigenvalue weighted by Crippen LogP contribution is -2.48. The summed E-state index contributed by atoms with van der Waals surface area (Å²) in [5.41, 5.74) is 0. The lowest BCUT2D eigenvalue weighted by atomic mass is 9.93. The van der Waals surface area contributed by atoms with Crippen LogP contribution in [0.25, 0.3) is 0 Å². The van der Waals surface area contributed by atoms with Crippen LogP contribution in [-0.4, -0.2) is 69.8 Å². The zero-order valence-corrected chi connectivity index (χ0v) is 14.0. The normalized spacial score (nSPS) is 18.0. The molecule has 1 unspecified atom stereocenters. The van der Waals surface area contributed by atoms with Crippen molar-refractivity contribution in [1.82, 2.24) is 20.9 Å². The molecule has 0 aromatic carbocycles. The molecule has 128 valence electrons. The van der Waals surface area contributed by atoms with Crippen LogP contribution >= 0.6 is 0 Å². The van der Waals surface area contributed by atoms with Crippen molar-refractivity contribution in [3.63, 3.8) is 0 Å². The number of nitrogens with one attached hydrogen (secondary N) is 3. The van der Waals surface area contributed by atoms with Crippen LogP contribution in [0.4, 0.5) is 4.79 Å². The number of nitrogens with zero attached hydrogens (tertiary/aromatic N) is 1. The lowest BCUT2D eigenvalue weighted by Gasteiger charge is -2.31. The Morgan fingerprint density at radius 3 is 2.59 bits per heavy atom. The van der Waals surface area contributed by atoms with Gasteiger partial charge in [0, 0.05) is 7.11 Å². The van der Waals surface area contributed by atoms with Gasteiger partial charge in [-0.1, -0.05) is 0 Å². The number of urea groups is 1. The Morgan fingerprint density at radius 2 is 2.00 bits per heavy atom. The monoisotopic (exact) mass is 314 g/mol. The van der Waals surface area contributed by atoms with Gasteiger partial charge in [-0.2, -0.15) is 0 Å². The standard InChI is InChI=1S/C15H30N4O3/c1-12(11-22-3)17-15(21)18-14(20)10-19-8-5-13(6-9-19)4-7-16-2/h12-13,16H,4-11H2,1-3H3,(H2,17,18,20,21). The smallest absolute Gasteiger partial charge is 0.321 e. The maximum atomic E-state index is 11.9. The molecule has 22 heavy (non-hydrogen) atoms. The highest BCUT2D eigenvalue weighted by Crippen LogP contribution is 2.19. The maximum Gasteiger partial charge on any atom is 0.321 e. The minimum absolute atomic E-state index is 0.124. The third-order valence-corrected chi connectivity index (χ3v) is 3.92. The number of methoxy groups -OCH3 is 1. The molecular formula is C15H30N4O3. The summed E-state index contributed by atoms with van der Waals surface area (Å²) in [4.78, 5) is 25.6. The SMILES string of the molecule is CNCCC1CCN(CC(=O)NC(=O)NC(C)COC)CC1. The summed E-state index contributed by atoms with van der Waals surface area (Å²) in [6.45, 7) is 5.41. The molecule has 7 nitrogen and oxygen atoms in total. The van der Waals surface area contributed by atoms with E-state index in [1.54, 1.807) is 7.11 Å². The summed E-state index contributed by atoms with van der Waals surface area (Å²) in [7, 11) is 3.54. The molecule has 0 bridgehead atoms. The van der Waals surface area contributed by atoms with Crippen LogP contribution in [0, 0.1) is 5.92 Å². The van der Waals surface area contributed by atoms with Gasteiger partial charge in [-0.25, -0.2) is 4.79 Å². The van der Waals surface area contributed by atoms with Crippen molar-refractivity contribution in [2.45, 2.75) is 32.2 Å². The molecule has 0 spiro atoms. The Bertz CT molecular complexity index is 344. The number of likely N-dealkylation sites (tertiary alicyclic amines) is 1. The summed E-state index contributed by atoms with van der Waals surface area (Å²) < 4.78 is 4.93. The van der Waals surface area contributed by atoms with E-state index in [9.17, 15) is 9.59 Å². The first-order chi connectivity index (χ1) is 10.5. The van der Waals surface area contributed by atoms with Crippen molar-refractivity contribution in [2.75, 3.05) is 46.9 Å². The number of carbonyl (C=O) groups is 2. The maximum absolute atomic E-state index is 11.9. The molecule has 0 saturated carbocycles. The molecule has 0 aromatic heterocycles. The number of piperidine rings is 1. The topological polar surface area (TPSA) is 82.7 Å². The molecule has 3 amide bonds. The molecule has 1 atom stereocenters.